The van der Waals surface area contributed by atoms with Gasteiger partial charge in [0.2, 0.25) is 0 Å². The Morgan fingerprint density at radius 3 is 1.75 bits per heavy atom. The van der Waals surface area contributed by atoms with Gasteiger partial charge in [0.25, 0.3) is 0 Å². The Labute approximate surface area is 123 Å². The molecule has 2 aliphatic heterocycles. The van der Waals surface area contributed by atoms with Gasteiger partial charge in [0.05, 0.1) is 11.7 Å². The van der Waals surface area contributed by atoms with E-state index in [2.05, 4.69) is 61.0 Å². The molecule has 2 heterocycles. The third kappa shape index (κ3) is 5.88. The zero-order valence-corrected chi connectivity index (χ0v) is 13.3. The van der Waals surface area contributed by atoms with Gasteiger partial charge in [-0.1, -0.05) is 39.8 Å². The Hall–Kier alpha value is -1.13. The lowest BCUT2D eigenvalue weighted by Crippen LogP contribution is -2.48. The average molecular weight is 278 g/mol. The highest BCUT2D eigenvalue weighted by Crippen LogP contribution is 2.05. The second kappa shape index (κ2) is 9.72. The van der Waals surface area contributed by atoms with Gasteiger partial charge in [0, 0.05) is 24.5 Å². The molecule has 0 aromatic rings. The fourth-order valence-corrected chi connectivity index (χ4v) is 1.94. The number of hydrazine groups is 1. The van der Waals surface area contributed by atoms with Gasteiger partial charge in [0.15, 0.2) is 0 Å². The Morgan fingerprint density at radius 2 is 1.45 bits per heavy atom. The third-order valence-electron chi connectivity index (χ3n) is 3.60. The molecule has 3 unspecified atom stereocenters. The molecular weight excluding hydrogens is 248 g/mol. The molecule has 0 saturated heterocycles. The van der Waals surface area contributed by atoms with Crippen LogP contribution in [0.25, 0.3) is 0 Å². The highest BCUT2D eigenvalue weighted by molar-refractivity contribution is 5.67. The predicted molar refractivity (Wildman–Crippen MR) is 87.7 cm³/mol. The third-order valence-corrected chi connectivity index (χ3v) is 3.60. The molecule has 0 bridgehead atoms. The van der Waals surface area contributed by atoms with E-state index in [4.69, 9.17) is 0 Å². The maximum Gasteiger partial charge on any atom is 0.0608 e. The lowest BCUT2D eigenvalue weighted by atomic mass is 10.1. The van der Waals surface area contributed by atoms with Crippen LogP contribution in [-0.4, -0.2) is 24.3 Å². The van der Waals surface area contributed by atoms with E-state index in [1.807, 2.05) is 12.4 Å². The standard InChI is InChI=1S/C8H14N2.C8H16N2/c1-3-7-5-10-8(4-2)6-9-7;1-3-7-5-6-8(4-2)10-9-7/h5-7,9H,3-4H2,1-2H3;5-10H,3-4H2,1-2H3. The van der Waals surface area contributed by atoms with E-state index in [-0.39, 0.29) is 0 Å². The maximum absolute atomic E-state index is 4.27. The molecule has 2 rings (SSSR count). The topological polar surface area (TPSA) is 48.5 Å². The molecule has 0 aromatic heterocycles. The lowest BCUT2D eigenvalue weighted by molar-refractivity contribution is 0.403. The van der Waals surface area contributed by atoms with Gasteiger partial charge in [-0.3, -0.25) is 15.8 Å². The zero-order chi connectivity index (χ0) is 14.8. The molecule has 4 heteroatoms. The summed E-state index contributed by atoms with van der Waals surface area (Å²) in [7, 11) is 0. The zero-order valence-electron chi connectivity index (χ0n) is 13.3. The normalized spacial score (nSPS) is 28.2. The molecule has 3 N–H and O–H groups in total. The number of nitrogens with one attached hydrogen (secondary N) is 3. The van der Waals surface area contributed by atoms with Crippen molar-refractivity contribution in [3.63, 3.8) is 0 Å². The Bertz CT molecular complexity index is 330. The summed E-state index contributed by atoms with van der Waals surface area (Å²) in [4.78, 5) is 4.27. The number of hydrogen-bond donors (Lipinski definition) is 3. The molecule has 2 aliphatic rings. The molecule has 0 spiro atoms. The molecular formula is C16H30N4. The van der Waals surface area contributed by atoms with Gasteiger partial charge < -0.3 is 5.32 Å². The van der Waals surface area contributed by atoms with Gasteiger partial charge in [-0.2, -0.15) is 0 Å². The first-order valence-electron chi connectivity index (χ1n) is 7.92. The van der Waals surface area contributed by atoms with E-state index >= 15 is 0 Å². The quantitative estimate of drug-likeness (QED) is 0.693. The van der Waals surface area contributed by atoms with Crippen molar-refractivity contribution in [1.29, 1.82) is 0 Å². The molecule has 0 amide bonds. The highest BCUT2D eigenvalue weighted by Gasteiger charge is 2.09. The molecule has 0 aromatic carbocycles. The van der Waals surface area contributed by atoms with Gasteiger partial charge in [-0.15, -0.1) is 0 Å². The molecule has 0 radical (unpaired) electrons. The van der Waals surface area contributed by atoms with Crippen LogP contribution in [0.2, 0.25) is 0 Å². The number of rotatable bonds is 4. The second-order valence-corrected chi connectivity index (χ2v) is 5.15. The smallest absolute Gasteiger partial charge is 0.0608 e. The van der Waals surface area contributed by atoms with Crippen LogP contribution in [0.4, 0.5) is 0 Å². The summed E-state index contributed by atoms with van der Waals surface area (Å²) in [6, 6.07) is 1.51. The first-order chi connectivity index (χ1) is 9.73. The van der Waals surface area contributed by atoms with Crippen molar-refractivity contribution in [3.8, 4) is 0 Å². The van der Waals surface area contributed by atoms with Crippen LogP contribution in [-0.2, 0) is 0 Å². The van der Waals surface area contributed by atoms with Crippen molar-refractivity contribution >= 4 is 6.21 Å². The summed E-state index contributed by atoms with van der Waals surface area (Å²) < 4.78 is 0. The number of hydrogen-bond acceptors (Lipinski definition) is 4. The Morgan fingerprint density at radius 1 is 0.900 bits per heavy atom. The first-order valence-corrected chi connectivity index (χ1v) is 7.92. The van der Waals surface area contributed by atoms with E-state index in [1.54, 1.807) is 0 Å². The number of allylic oxidation sites excluding steroid dienone is 1. The summed E-state index contributed by atoms with van der Waals surface area (Å²) in [5, 5.41) is 3.26. The summed E-state index contributed by atoms with van der Waals surface area (Å²) in [5.74, 6) is 0. The van der Waals surface area contributed by atoms with Crippen molar-refractivity contribution in [2.24, 2.45) is 4.99 Å². The van der Waals surface area contributed by atoms with Crippen molar-refractivity contribution in [3.05, 3.63) is 24.0 Å². The summed E-state index contributed by atoms with van der Waals surface area (Å²) in [5.41, 5.74) is 7.61. The summed E-state index contributed by atoms with van der Waals surface area (Å²) >= 11 is 0. The largest absolute Gasteiger partial charge is 0.382 e. The van der Waals surface area contributed by atoms with Crippen molar-refractivity contribution < 1.29 is 0 Å². The average Bonchev–Trinajstić information content (AvgIpc) is 2.55. The van der Waals surface area contributed by atoms with Crippen LogP contribution in [0.3, 0.4) is 0 Å². The van der Waals surface area contributed by atoms with Gasteiger partial charge in [-0.05, 0) is 25.7 Å². The molecule has 0 aliphatic carbocycles. The molecule has 114 valence electrons. The van der Waals surface area contributed by atoms with E-state index < -0.39 is 0 Å². The van der Waals surface area contributed by atoms with Gasteiger partial charge >= 0.3 is 0 Å². The van der Waals surface area contributed by atoms with Crippen LogP contribution in [0.1, 0.15) is 53.4 Å². The van der Waals surface area contributed by atoms with Crippen LogP contribution < -0.4 is 16.2 Å². The fraction of sp³-hybridized carbons (Fsp3) is 0.688. The Balaban J connectivity index is 0.000000200. The molecule has 0 fully saturated rings. The highest BCUT2D eigenvalue weighted by atomic mass is 15.4. The molecule has 0 saturated carbocycles. The maximum atomic E-state index is 4.27. The molecule has 3 atom stereocenters. The van der Waals surface area contributed by atoms with Gasteiger partial charge in [0.1, 0.15) is 0 Å². The predicted octanol–water partition coefficient (Wildman–Crippen LogP) is 2.90. The van der Waals surface area contributed by atoms with E-state index in [0.717, 1.165) is 31.4 Å². The Kier molecular flexibility index (Phi) is 8.23. The fourth-order valence-electron chi connectivity index (χ4n) is 1.94. The SMILES string of the molecule is CCC1=CNC(CC)C=N1.CCC1C=CC(CC)NN1. The first kappa shape index (κ1) is 16.9. The monoisotopic (exact) mass is 278 g/mol. The number of aliphatic imine (C=N–C) groups is 1. The minimum absolute atomic E-state index is 0.454. The van der Waals surface area contributed by atoms with Crippen LogP contribution in [0.15, 0.2) is 29.0 Å². The summed E-state index contributed by atoms with van der Waals surface area (Å²) in [6.07, 6.45) is 12.9. The number of nitrogens with zero attached hydrogens (tertiary/aromatic N) is 1. The van der Waals surface area contributed by atoms with Crippen LogP contribution in [0, 0.1) is 0 Å². The van der Waals surface area contributed by atoms with Crippen molar-refractivity contribution in [2.75, 3.05) is 0 Å². The minimum atomic E-state index is 0.454. The van der Waals surface area contributed by atoms with E-state index in [0.29, 0.717) is 18.1 Å². The lowest BCUT2D eigenvalue weighted by Gasteiger charge is -2.23. The molecule has 20 heavy (non-hydrogen) atoms. The van der Waals surface area contributed by atoms with Gasteiger partial charge in [-0.25, -0.2) is 0 Å². The summed E-state index contributed by atoms with van der Waals surface area (Å²) in [6.45, 7) is 8.61. The van der Waals surface area contributed by atoms with Crippen molar-refractivity contribution in [2.45, 2.75) is 71.5 Å². The van der Waals surface area contributed by atoms with E-state index in [1.165, 1.54) is 0 Å². The second-order valence-electron chi connectivity index (χ2n) is 5.15. The van der Waals surface area contributed by atoms with Crippen LogP contribution in [0.5, 0.6) is 0 Å². The van der Waals surface area contributed by atoms with E-state index in [9.17, 15) is 0 Å². The minimum Gasteiger partial charge on any atom is -0.382 e. The van der Waals surface area contributed by atoms with Crippen LogP contribution >= 0.6 is 0 Å². The molecule has 4 nitrogen and oxygen atoms in total. The van der Waals surface area contributed by atoms with Crippen molar-refractivity contribution in [1.82, 2.24) is 16.2 Å².